The van der Waals surface area contributed by atoms with E-state index in [9.17, 15) is 9.90 Å². The molecule has 1 amide bonds. The molecule has 0 saturated heterocycles. The van der Waals surface area contributed by atoms with Gasteiger partial charge in [-0.25, -0.2) is 9.78 Å². The first-order valence-corrected chi connectivity index (χ1v) is 7.99. The fourth-order valence-electron chi connectivity index (χ4n) is 2.07. The molecule has 25 heavy (non-hydrogen) atoms. The first kappa shape index (κ1) is 18.7. The van der Waals surface area contributed by atoms with Crippen LogP contribution in [0.25, 0.3) is 0 Å². The fourth-order valence-corrected chi connectivity index (χ4v) is 2.07. The predicted molar refractivity (Wildman–Crippen MR) is 92.5 cm³/mol. The van der Waals surface area contributed by atoms with Gasteiger partial charge in [-0.1, -0.05) is 12.1 Å². The van der Waals surface area contributed by atoms with E-state index in [0.717, 1.165) is 5.56 Å². The average Bonchev–Trinajstić information content (AvgIpc) is 2.55. The van der Waals surface area contributed by atoms with E-state index in [2.05, 4.69) is 15.3 Å². The Balaban J connectivity index is 1.91. The molecule has 2 rings (SSSR count). The van der Waals surface area contributed by atoms with Crippen molar-refractivity contribution in [3.05, 3.63) is 48.4 Å². The van der Waals surface area contributed by atoms with Crippen LogP contribution in [0.3, 0.4) is 0 Å². The standard InChI is InChI=1S/C18H23N3O4/c1-18(2,3)25-17(23)21-14(12-22)10-13-4-6-15(7-5-13)24-16-11-19-8-9-20-16/h4-9,11,14,22H,10,12H2,1-3H3,(H,21,23). The molecule has 1 aromatic heterocycles. The van der Waals surface area contributed by atoms with Gasteiger partial charge in [-0.15, -0.1) is 0 Å². The summed E-state index contributed by atoms with van der Waals surface area (Å²) < 4.78 is 10.8. The second-order valence-electron chi connectivity index (χ2n) is 6.52. The lowest BCUT2D eigenvalue weighted by Gasteiger charge is -2.22. The maximum Gasteiger partial charge on any atom is 0.407 e. The highest BCUT2D eigenvalue weighted by molar-refractivity contribution is 5.68. The molecule has 7 heteroatoms. The summed E-state index contributed by atoms with van der Waals surface area (Å²) in [6, 6.07) is 6.90. The molecule has 2 aromatic rings. The van der Waals surface area contributed by atoms with E-state index in [-0.39, 0.29) is 6.61 Å². The summed E-state index contributed by atoms with van der Waals surface area (Å²) in [6.07, 6.45) is 4.58. The van der Waals surface area contributed by atoms with Crippen LogP contribution in [0.15, 0.2) is 42.9 Å². The van der Waals surface area contributed by atoms with Crippen molar-refractivity contribution in [2.24, 2.45) is 0 Å². The number of amides is 1. The SMILES string of the molecule is CC(C)(C)OC(=O)NC(CO)Cc1ccc(Oc2cnccn2)cc1. The van der Waals surface area contributed by atoms with Crippen molar-refractivity contribution in [1.29, 1.82) is 0 Å². The van der Waals surface area contributed by atoms with Gasteiger partial charge in [0.1, 0.15) is 11.4 Å². The number of aliphatic hydroxyl groups is 1. The molecule has 1 heterocycles. The van der Waals surface area contributed by atoms with Crippen molar-refractivity contribution in [2.45, 2.75) is 38.8 Å². The number of carbonyl (C=O) groups is 1. The van der Waals surface area contributed by atoms with E-state index in [1.54, 1.807) is 45.3 Å². The summed E-state index contributed by atoms with van der Waals surface area (Å²) in [6.45, 7) is 5.18. The molecule has 1 aromatic carbocycles. The Bertz CT molecular complexity index is 669. The molecule has 0 spiro atoms. The maximum absolute atomic E-state index is 11.8. The van der Waals surface area contributed by atoms with Gasteiger partial charge in [-0.05, 0) is 44.9 Å². The average molecular weight is 345 g/mol. The second-order valence-corrected chi connectivity index (χ2v) is 6.52. The van der Waals surface area contributed by atoms with E-state index < -0.39 is 17.7 Å². The zero-order valence-electron chi connectivity index (χ0n) is 14.6. The number of aliphatic hydroxyl groups excluding tert-OH is 1. The molecule has 0 aliphatic carbocycles. The predicted octanol–water partition coefficient (Wildman–Crippen LogP) is 2.70. The largest absolute Gasteiger partial charge is 0.444 e. The Labute approximate surface area is 147 Å². The van der Waals surface area contributed by atoms with E-state index in [1.807, 2.05) is 12.1 Å². The van der Waals surface area contributed by atoms with E-state index >= 15 is 0 Å². The normalized spacial score (nSPS) is 12.3. The minimum atomic E-state index is -0.580. The smallest absolute Gasteiger partial charge is 0.407 e. The van der Waals surface area contributed by atoms with Crippen LogP contribution in [0.5, 0.6) is 11.6 Å². The van der Waals surface area contributed by atoms with Crippen LogP contribution in [-0.2, 0) is 11.2 Å². The van der Waals surface area contributed by atoms with Gasteiger partial charge in [0, 0.05) is 12.4 Å². The molecule has 0 bridgehead atoms. The Morgan fingerprint density at radius 2 is 1.96 bits per heavy atom. The first-order valence-electron chi connectivity index (χ1n) is 7.99. The first-order chi connectivity index (χ1) is 11.9. The summed E-state index contributed by atoms with van der Waals surface area (Å²) in [5.41, 5.74) is 0.366. The number of rotatable bonds is 6. The summed E-state index contributed by atoms with van der Waals surface area (Å²) in [5, 5.41) is 12.1. The van der Waals surface area contributed by atoms with E-state index in [1.165, 1.54) is 6.20 Å². The molecule has 134 valence electrons. The highest BCUT2D eigenvalue weighted by atomic mass is 16.6. The Kier molecular flexibility index (Phi) is 6.30. The minimum Gasteiger partial charge on any atom is -0.444 e. The Morgan fingerprint density at radius 3 is 2.52 bits per heavy atom. The fraction of sp³-hybridized carbons (Fsp3) is 0.389. The van der Waals surface area contributed by atoms with E-state index in [4.69, 9.17) is 9.47 Å². The van der Waals surface area contributed by atoms with Crippen molar-refractivity contribution >= 4 is 6.09 Å². The number of hydrogen-bond acceptors (Lipinski definition) is 6. The molecule has 1 unspecified atom stereocenters. The van der Waals surface area contributed by atoms with Crippen LogP contribution in [0.4, 0.5) is 4.79 Å². The van der Waals surface area contributed by atoms with Crippen LogP contribution >= 0.6 is 0 Å². The lowest BCUT2D eigenvalue weighted by Crippen LogP contribution is -2.42. The highest BCUT2D eigenvalue weighted by Crippen LogP contribution is 2.19. The molecule has 7 nitrogen and oxygen atoms in total. The molecule has 0 aliphatic heterocycles. The van der Waals surface area contributed by atoms with Crippen molar-refractivity contribution < 1.29 is 19.4 Å². The van der Waals surface area contributed by atoms with Crippen LogP contribution in [-0.4, -0.2) is 39.4 Å². The van der Waals surface area contributed by atoms with Gasteiger partial charge >= 0.3 is 6.09 Å². The van der Waals surface area contributed by atoms with E-state index in [0.29, 0.717) is 18.1 Å². The van der Waals surface area contributed by atoms with Crippen molar-refractivity contribution in [1.82, 2.24) is 15.3 Å². The zero-order valence-corrected chi connectivity index (χ0v) is 14.6. The summed E-state index contributed by atoms with van der Waals surface area (Å²) in [7, 11) is 0. The number of benzene rings is 1. The third-order valence-corrected chi connectivity index (χ3v) is 3.11. The van der Waals surface area contributed by atoms with Crippen LogP contribution < -0.4 is 10.1 Å². The molecule has 2 N–H and O–H groups in total. The topological polar surface area (TPSA) is 93.6 Å². The minimum absolute atomic E-state index is 0.183. The maximum atomic E-state index is 11.8. The van der Waals surface area contributed by atoms with Gasteiger partial charge in [0.15, 0.2) is 0 Å². The number of nitrogens with zero attached hydrogens (tertiary/aromatic N) is 2. The van der Waals surface area contributed by atoms with Crippen LogP contribution in [0.2, 0.25) is 0 Å². The third-order valence-electron chi connectivity index (χ3n) is 3.11. The van der Waals surface area contributed by atoms with Crippen LogP contribution in [0.1, 0.15) is 26.3 Å². The molecule has 0 aliphatic rings. The lowest BCUT2D eigenvalue weighted by atomic mass is 10.1. The van der Waals surface area contributed by atoms with Crippen LogP contribution in [0, 0.1) is 0 Å². The van der Waals surface area contributed by atoms with Gasteiger partial charge in [-0.2, -0.15) is 0 Å². The Morgan fingerprint density at radius 1 is 1.24 bits per heavy atom. The van der Waals surface area contributed by atoms with Crippen molar-refractivity contribution in [3.8, 4) is 11.6 Å². The zero-order chi connectivity index (χ0) is 18.3. The number of alkyl carbamates (subject to hydrolysis) is 1. The summed E-state index contributed by atoms with van der Waals surface area (Å²) in [4.78, 5) is 19.8. The third kappa shape index (κ3) is 6.76. The number of nitrogens with one attached hydrogen (secondary N) is 1. The number of carbonyl (C=O) groups excluding carboxylic acids is 1. The Hall–Kier alpha value is -2.67. The molecule has 0 saturated carbocycles. The van der Waals surface area contributed by atoms with Crippen molar-refractivity contribution in [3.63, 3.8) is 0 Å². The number of aromatic nitrogens is 2. The second kappa shape index (κ2) is 8.43. The summed E-state index contributed by atoms with van der Waals surface area (Å²) >= 11 is 0. The monoisotopic (exact) mass is 345 g/mol. The molecule has 1 atom stereocenters. The molecular weight excluding hydrogens is 322 g/mol. The van der Waals surface area contributed by atoms with Gasteiger partial charge in [0.05, 0.1) is 18.8 Å². The quantitative estimate of drug-likeness (QED) is 0.836. The van der Waals surface area contributed by atoms with Gasteiger partial charge in [-0.3, -0.25) is 4.98 Å². The molecule has 0 fully saturated rings. The highest BCUT2D eigenvalue weighted by Gasteiger charge is 2.19. The number of hydrogen-bond donors (Lipinski definition) is 2. The number of ether oxygens (including phenoxy) is 2. The van der Waals surface area contributed by atoms with Gasteiger partial charge in [0.25, 0.3) is 0 Å². The molecular formula is C18H23N3O4. The van der Waals surface area contributed by atoms with Gasteiger partial charge < -0.3 is 19.9 Å². The lowest BCUT2D eigenvalue weighted by molar-refractivity contribution is 0.0483. The summed E-state index contributed by atoms with van der Waals surface area (Å²) in [5.74, 6) is 1.04. The van der Waals surface area contributed by atoms with Gasteiger partial charge in [0.2, 0.25) is 5.88 Å². The van der Waals surface area contributed by atoms with Crippen molar-refractivity contribution in [2.75, 3.05) is 6.61 Å². The molecule has 0 radical (unpaired) electrons.